The van der Waals surface area contributed by atoms with Gasteiger partial charge in [0.05, 0.1) is 28.3 Å². The first-order valence-electron chi connectivity index (χ1n) is 9.19. The summed E-state index contributed by atoms with van der Waals surface area (Å²) < 4.78 is 42.7. The molecule has 154 valence electrons. The van der Waals surface area contributed by atoms with E-state index in [0.29, 0.717) is 22.4 Å². The molecule has 9 heteroatoms. The molecule has 0 unspecified atom stereocenters. The van der Waals surface area contributed by atoms with Crippen LogP contribution < -0.4 is 4.74 Å². The fourth-order valence-electron chi connectivity index (χ4n) is 3.23. The summed E-state index contributed by atoms with van der Waals surface area (Å²) in [6.45, 7) is 0. The summed E-state index contributed by atoms with van der Waals surface area (Å²) in [4.78, 5) is 26.5. The van der Waals surface area contributed by atoms with E-state index in [1.807, 2.05) is 30.4 Å². The van der Waals surface area contributed by atoms with Gasteiger partial charge in [-0.1, -0.05) is 0 Å². The average Bonchev–Trinajstić information content (AvgIpc) is 3.47. The number of alkyl halides is 3. The minimum atomic E-state index is -5.11. The highest BCUT2D eigenvalue weighted by Crippen LogP contribution is 2.27. The van der Waals surface area contributed by atoms with Gasteiger partial charge in [0.15, 0.2) is 5.75 Å². The third kappa shape index (κ3) is 3.97. The molecule has 3 aromatic heterocycles. The molecular formula is C22H13F3N4O2. The number of rotatable bonds is 1. The lowest BCUT2D eigenvalue weighted by atomic mass is 10.3. The van der Waals surface area contributed by atoms with Gasteiger partial charge in [-0.2, -0.15) is 13.2 Å². The number of hydrogen-bond donors (Lipinski definition) is 2. The second-order valence-corrected chi connectivity index (χ2v) is 6.93. The van der Waals surface area contributed by atoms with Crippen LogP contribution in [0, 0.1) is 0 Å². The van der Waals surface area contributed by atoms with Gasteiger partial charge in [0.2, 0.25) is 0 Å². The fourth-order valence-corrected chi connectivity index (χ4v) is 3.23. The lowest BCUT2D eigenvalue weighted by Crippen LogP contribution is -2.27. The normalized spacial score (nSPS) is 12.9. The zero-order valence-electron chi connectivity index (χ0n) is 15.7. The van der Waals surface area contributed by atoms with Gasteiger partial charge in [-0.15, -0.1) is 0 Å². The SMILES string of the molecule is O=C(Oc1cc2cc3ccc(cc4nc(cc5nc(cc1[nH]2)C=C5)C=C4)[nH]3)C(F)(F)F. The molecule has 0 radical (unpaired) electrons. The van der Waals surface area contributed by atoms with Crippen LogP contribution in [0.5, 0.6) is 5.75 Å². The molecular weight excluding hydrogens is 409 g/mol. The van der Waals surface area contributed by atoms with E-state index < -0.39 is 12.1 Å². The first-order chi connectivity index (χ1) is 14.8. The largest absolute Gasteiger partial charge is 0.491 e. The number of halogens is 3. The molecule has 0 aliphatic carbocycles. The van der Waals surface area contributed by atoms with E-state index in [1.54, 1.807) is 24.3 Å². The number of nitrogens with zero attached hydrogens (tertiary/aromatic N) is 2. The molecule has 0 fully saturated rings. The van der Waals surface area contributed by atoms with E-state index in [0.717, 1.165) is 16.9 Å². The fraction of sp³-hybridized carbons (Fsp3) is 0.0455. The predicted octanol–water partition coefficient (Wildman–Crippen LogP) is 5.12. The standard InChI is InChI=1S/C22H13F3N4O2/c23-22(24,25)21(30)31-20-11-18-9-16-4-3-14(27-16)7-12-1-2-13(26-12)8-15-5-6-17(28-15)10-19(20)29-18/h1-11,27,29H. The van der Waals surface area contributed by atoms with Crippen molar-refractivity contribution in [3.63, 3.8) is 0 Å². The number of carbonyl (C=O) groups excluding carboxylic acids is 1. The molecule has 0 spiro atoms. The Labute approximate surface area is 172 Å². The van der Waals surface area contributed by atoms with Crippen LogP contribution in [0.4, 0.5) is 13.2 Å². The Morgan fingerprint density at radius 1 is 0.742 bits per heavy atom. The van der Waals surface area contributed by atoms with Crippen molar-refractivity contribution in [1.82, 2.24) is 19.9 Å². The Bertz CT molecular complexity index is 1430. The molecule has 6 nitrogen and oxygen atoms in total. The van der Waals surface area contributed by atoms with Crippen molar-refractivity contribution in [1.29, 1.82) is 0 Å². The number of carbonyl (C=O) groups is 1. The summed E-state index contributed by atoms with van der Waals surface area (Å²) in [5.74, 6) is -2.54. The number of hydrogen-bond acceptors (Lipinski definition) is 4. The predicted molar refractivity (Wildman–Crippen MR) is 111 cm³/mol. The molecule has 0 saturated carbocycles. The summed E-state index contributed by atoms with van der Waals surface area (Å²) in [5, 5.41) is 0. The van der Waals surface area contributed by atoms with Crippen molar-refractivity contribution in [2.24, 2.45) is 0 Å². The van der Waals surface area contributed by atoms with Gasteiger partial charge in [0.1, 0.15) is 0 Å². The second kappa shape index (κ2) is 6.98. The molecule has 31 heavy (non-hydrogen) atoms. The number of aromatic amines is 2. The van der Waals surface area contributed by atoms with Crippen LogP contribution >= 0.6 is 0 Å². The van der Waals surface area contributed by atoms with Gasteiger partial charge < -0.3 is 14.7 Å². The third-order valence-corrected chi connectivity index (χ3v) is 4.56. The first-order valence-corrected chi connectivity index (χ1v) is 9.19. The van der Waals surface area contributed by atoms with E-state index in [4.69, 9.17) is 0 Å². The van der Waals surface area contributed by atoms with Gasteiger partial charge in [0, 0.05) is 22.6 Å². The molecule has 0 saturated heterocycles. The number of aromatic nitrogens is 4. The Hall–Kier alpha value is -4.14. The molecule has 2 N–H and O–H groups in total. The van der Waals surface area contributed by atoms with Crippen LogP contribution in [0.15, 0.2) is 42.5 Å². The summed E-state index contributed by atoms with van der Waals surface area (Å²) in [5.41, 5.74) is 4.76. The van der Waals surface area contributed by atoms with E-state index in [-0.39, 0.29) is 11.3 Å². The van der Waals surface area contributed by atoms with E-state index in [9.17, 15) is 18.0 Å². The molecule has 2 aliphatic heterocycles. The summed E-state index contributed by atoms with van der Waals surface area (Å²) in [7, 11) is 0. The smallest absolute Gasteiger partial charge is 0.418 e. The monoisotopic (exact) mass is 422 g/mol. The number of fused-ring (bicyclic) bond motifs is 8. The zero-order chi connectivity index (χ0) is 21.6. The Morgan fingerprint density at radius 2 is 1.32 bits per heavy atom. The summed E-state index contributed by atoms with van der Waals surface area (Å²) >= 11 is 0. The quantitative estimate of drug-likeness (QED) is 0.367. The highest BCUT2D eigenvalue weighted by atomic mass is 19.4. The lowest BCUT2D eigenvalue weighted by molar-refractivity contribution is -0.189. The highest BCUT2D eigenvalue weighted by molar-refractivity contribution is 5.84. The summed E-state index contributed by atoms with van der Waals surface area (Å²) in [6, 6.07) is 11.9. The van der Waals surface area contributed by atoms with Gasteiger partial charge in [-0.3, -0.25) is 0 Å². The molecule has 8 bridgehead atoms. The van der Waals surface area contributed by atoms with Crippen molar-refractivity contribution in [3.8, 4) is 5.75 Å². The Morgan fingerprint density at radius 3 is 1.97 bits per heavy atom. The highest BCUT2D eigenvalue weighted by Gasteiger charge is 2.41. The van der Waals surface area contributed by atoms with Crippen molar-refractivity contribution < 1.29 is 22.7 Å². The lowest BCUT2D eigenvalue weighted by Gasteiger charge is -2.04. The molecule has 0 amide bonds. The van der Waals surface area contributed by atoms with Crippen molar-refractivity contribution in [2.75, 3.05) is 0 Å². The van der Waals surface area contributed by atoms with Crippen LogP contribution in [0.25, 0.3) is 46.4 Å². The molecule has 0 aromatic carbocycles. The Kier molecular flexibility index (Phi) is 4.25. The van der Waals surface area contributed by atoms with Crippen LogP contribution in [0.3, 0.4) is 0 Å². The van der Waals surface area contributed by atoms with Gasteiger partial charge in [0.25, 0.3) is 0 Å². The zero-order valence-corrected chi connectivity index (χ0v) is 15.7. The molecule has 0 atom stereocenters. The minimum Gasteiger partial charge on any atom is -0.418 e. The van der Waals surface area contributed by atoms with Gasteiger partial charge in [-0.25, -0.2) is 14.8 Å². The van der Waals surface area contributed by atoms with Crippen molar-refractivity contribution in [3.05, 3.63) is 65.2 Å². The first kappa shape index (κ1) is 18.9. The summed E-state index contributed by atoms with van der Waals surface area (Å²) in [6.07, 6.45) is 2.11. The topological polar surface area (TPSA) is 83.7 Å². The molecule has 5 rings (SSSR count). The van der Waals surface area contributed by atoms with Crippen molar-refractivity contribution >= 4 is 52.3 Å². The number of esters is 1. The number of ether oxygens (including phenoxy) is 1. The minimum absolute atomic E-state index is 0.188. The van der Waals surface area contributed by atoms with Crippen LogP contribution in [0.1, 0.15) is 22.8 Å². The van der Waals surface area contributed by atoms with Crippen LogP contribution in [-0.4, -0.2) is 32.1 Å². The number of H-pyrrole nitrogens is 2. The van der Waals surface area contributed by atoms with Gasteiger partial charge >= 0.3 is 12.1 Å². The Balaban J connectivity index is 1.76. The maximum Gasteiger partial charge on any atom is 0.491 e. The van der Waals surface area contributed by atoms with Crippen LogP contribution in [0.2, 0.25) is 0 Å². The molecule has 2 aliphatic rings. The van der Waals surface area contributed by atoms with E-state index >= 15 is 0 Å². The molecule has 3 aromatic rings. The number of nitrogens with one attached hydrogen (secondary N) is 2. The van der Waals surface area contributed by atoms with E-state index in [1.165, 1.54) is 12.1 Å². The third-order valence-electron chi connectivity index (χ3n) is 4.56. The second-order valence-electron chi connectivity index (χ2n) is 6.93. The maximum atomic E-state index is 12.7. The van der Waals surface area contributed by atoms with E-state index in [2.05, 4.69) is 24.7 Å². The maximum absolute atomic E-state index is 12.7. The molecule has 5 heterocycles. The van der Waals surface area contributed by atoms with Crippen LogP contribution in [-0.2, 0) is 4.79 Å². The van der Waals surface area contributed by atoms with Crippen molar-refractivity contribution in [2.45, 2.75) is 6.18 Å². The average molecular weight is 422 g/mol. The van der Waals surface area contributed by atoms with Gasteiger partial charge in [-0.05, 0) is 60.7 Å².